The average Bonchev–Trinajstić information content (AvgIpc) is 3.68. The van der Waals surface area contributed by atoms with Crippen molar-refractivity contribution in [2.24, 2.45) is 7.05 Å². The SMILES string of the molecule is Cn1c(=O)cc(NC(C)(C)c2ncc(C3CC3)cn2)c2cccc(Nc3ccnc(Cl)c3C#N)c21. The Kier molecular flexibility index (Phi) is 5.65. The van der Waals surface area contributed by atoms with Gasteiger partial charge in [0.25, 0.3) is 5.56 Å². The first-order chi connectivity index (χ1) is 16.8. The smallest absolute Gasteiger partial charge is 0.252 e. The molecule has 0 saturated heterocycles. The Balaban J connectivity index is 1.56. The van der Waals surface area contributed by atoms with Crippen LogP contribution in [0.1, 0.15) is 49.6 Å². The Bertz CT molecular complexity index is 1530. The van der Waals surface area contributed by atoms with Crippen LogP contribution in [0, 0.1) is 11.3 Å². The van der Waals surface area contributed by atoms with E-state index >= 15 is 0 Å². The summed E-state index contributed by atoms with van der Waals surface area (Å²) < 4.78 is 1.58. The van der Waals surface area contributed by atoms with Gasteiger partial charge in [-0.25, -0.2) is 15.0 Å². The molecule has 0 amide bonds. The van der Waals surface area contributed by atoms with E-state index in [0.29, 0.717) is 34.3 Å². The van der Waals surface area contributed by atoms with Gasteiger partial charge in [-0.3, -0.25) is 4.79 Å². The van der Waals surface area contributed by atoms with Gasteiger partial charge in [-0.15, -0.1) is 0 Å². The summed E-state index contributed by atoms with van der Waals surface area (Å²) in [5, 5.41) is 17.2. The molecule has 9 heteroatoms. The molecule has 0 atom stereocenters. The van der Waals surface area contributed by atoms with Crippen LogP contribution in [0.3, 0.4) is 0 Å². The van der Waals surface area contributed by atoms with Gasteiger partial charge >= 0.3 is 0 Å². The van der Waals surface area contributed by atoms with Crippen molar-refractivity contribution in [1.29, 1.82) is 5.26 Å². The Morgan fingerprint density at radius 1 is 1.11 bits per heavy atom. The first-order valence-corrected chi connectivity index (χ1v) is 11.7. The zero-order valence-electron chi connectivity index (χ0n) is 19.6. The Morgan fingerprint density at radius 3 is 2.54 bits per heavy atom. The maximum Gasteiger partial charge on any atom is 0.252 e. The fraction of sp³-hybridized carbons (Fsp3) is 0.269. The topological polar surface area (TPSA) is 109 Å². The molecule has 3 aromatic heterocycles. The number of hydrogen-bond acceptors (Lipinski definition) is 7. The van der Waals surface area contributed by atoms with E-state index in [1.54, 1.807) is 23.7 Å². The molecule has 1 aliphatic rings. The quantitative estimate of drug-likeness (QED) is 0.360. The molecule has 8 nitrogen and oxygen atoms in total. The number of benzene rings is 1. The largest absolute Gasteiger partial charge is 0.372 e. The summed E-state index contributed by atoms with van der Waals surface area (Å²) in [4.78, 5) is 26.2. The summed E-state index contributed by atoms with van der Waals surface area (Å²) in [5.41, 5.74) is 3.12. The van der Waals surface area contributed by atoms with Crippen molar-refractivity contribution in [2.45, 2.75) is 38.1 Å². The highest BCUT2D eigenvalue weighted by Crippen LogP contribution is 2.39. The molecule has 0 bridgehead atoms. The number of aryl methyl sites for hydroxylation is 1. The number of halogens is 1. The second kappa shape index (κ2) is 8.67. The van der Waals surface area contributed by atoms with Gasteiger partial charge in [0, 0.05) is 42.8 Å². The van der Waals surface area contributed by atoms with Gasteiger partial charge in [-0.2, -0.15) is 5.26 Å². The van der Waals surface area contributed by atoms with Gasteiger partial charge in [0.15, 0.2) is 5.82 Å². The highest BCUT2D eigenvalue weighted by atomic mass is 35.5. The number of anilines is 3. The van der Waals surface area contributed by atoms with E-state index in [2.05, 4.69) is 31.7 Å². The lowest BCUT2D eigenvalue weighted by Gasteiger charge is -2.27. The molecule has 5 rings (SSSR count). The van der Waals surface area contributed by atoms with E-state index in [1.165, 1.54) is 24.6 Å². The molecule has 1 fully saturated rings. The maximum absolute atomic E-state index is 13.0. The van der Waals surface area contributed by atoms with Crippen molar-refractivity contribution >= 4 is 39.6 Å². The zero-order chi connectivity index (χ0) is 24.7. The van der Waals surface area contributed by atoms with E-state index in [4.69, 9.17) is 11.6 Å². The normalized spacial score (nSPS) is 13.5. The maximum atomic E-state index is 13.0. The molecule has 0 spiro atoms. The van der Waals surface area contributed by atoms with Crippen molar-refractivity contribution in [3.8, 4) is 6.07 Å². The summed E-state index contributed by atoms with van der Waals surface area (Å²) in [6.07, 6.45) is 7.73. The molecule has 0 unspecified atom stereocenters. The van der Waals surface area contributed by atoms with Crippen LogP contribution in [0.5, 0.6) is 0 Å². The Labute approximate surface area is 207 Å². The number of pyridine rings is 2. The molecule has 2 N–H and O–H groups in total. The van der Waals surface area contributed by atoms with Crippen LogP contribution >= 0.6 is 11.6 Å². The summed E-state index contributed by atoms with van der Waals surface area (Å²) in [7, 11) is 1.72. The zero-order valence-corrected chi connectivity index (χ0v) is 20.4. The molecule has 1 aliphatic carbocycles. The lowest BCUT2D eigenvalue weighted by Crippen LogP contribution is -2.31. The minimum atomic E-state index is -0.628. The molecule has 0 aliphatic heterocycles. The first-order valence-electron chi connectivity index (χ1n) is 11.3. The van der Waals surface area contributed by atoms with Gasteiger partial charge in [0.05, 0.1) is 22.4 Å². The molecule has 3 heterocycles. The number of nitrogens with one attached hydrogen (secondary N) is 2. The van der Waals surface area contributed by atoms with Crippen LogP contribution < -0.4 is 16.2 Å². The van der Waals surface area contributed by atoms with Crippen LogP contribution in [-0.4, -0.2) is 19.5 Å². The van der Waals surface area contributed by atoms with Crippen LogP contribution in [0.15, 0.2) is 53.7 Å². The van der Waals surface area contributed by atoms with Crippen LogP contribution in [0.25, 0.3) is 10.9 Å². The minimum Gasteiger partial charge on any atom is -0.372 e. The van der Waals surface area contributed by atoms with Gasteiger partial charge in [0.2, 0.25) is 0 Å². The van der Waals surface area contributed by atoms with Crippen molar-refractivity contribution in [3.05, 3.63) is 81.4 Å². The highest BCUT2D eigenvalue weighted by molar-refractivity contribution is 6.31. The summed E-state index contributed by atoms with van der Waals surface area (Å²) in [6, 6.07) is 11.0. The highest BCUT2D eigenvalue weighted by Gasteiger charge is 2.28. The lowest BCUT2D eigenvalue weighted by molar-refractivity contribution is 0.561. The number of hydrogen-bond donors (Lipinski definition) is 2. The standard InChI is InChI=1S/C26H24ClN7O/c1-26(2,25-30-13-16(14-31-25)15-7-8-15)33-21-11-22(35)34(3)23-17(21)5-4-6-20(23)32-19-9-10-29-24(27)18(19)12-28/h4-6,9-11,13-15,33H,7-8H2,1-3H3,(H,29,32). The summed E-state index contributed by atoms with van der Waals surface area (Å²) in [6.45, 7) is 3.98. The third-order valence-electron chi connectivity index (χ3n) is 6.27. The predicted molar refractivity (Wildman–Crippen MR) is 137 cm³/mol. The molecule has 4 aromatic rings. The Hall–Kier alpha value is -3.96. The van der Waals surface area contributed by atoms with E-state index in [1.807, 2.05) is 44.4 Å². The van der Waals surface area contributed by atoms with E-state index in [-0.39, 0.29) is 16.3 Å². The van der Waals surface area contributed by atoms with Crippen molar-refractivity contribution in [2.75, 3.05) is 10.6 Å². The lowest BCUT2D eigenvalue weighted by atomic mass is 10.0. The second-order valence-corrected chi connectivity index (χ2v) is 9.64. The number of para-hydroxylation sites is 1. The molecule has 176 valence electrons. The van der Waals surface area contributed by atoms with Crippen molar-refractivity contribution < 1.29 is 0 Å². The molecule has 1 saturated carbocycles. The van der Waals surface area contributed by atoms with Gasteiger partial charge in [-0.05, 0) is 50.3 Å². The van der Waals surface area contributed by atoms with Crippen LogP contribution in [-0.2, 0) is 12.6 Å². The van der Waals surface area contributed by atoms with E-state index in [9.17, 15) is 10.1 Å². The first kappa shape index (κ1) is 22.8. The molecular formula is C26H24ClN7O. The second-order valence-electron chi connectivity index (χ2n) is 9.28. The molecule has 0 radical (unpaired) electrons. The molecule has 35 heavy (non-hydrogen) atoms. The third-order valence-corrected chi connectivity index (χ3v) is 6.56. The van der Waals surface area contributed by atoms with Crippen LogP contribution in [0.2, 0.25) is 5.15 Å². The molecule has 1 aromatic carbocycles. The fourth-order valence-electron chi connectivity index (χ4n) is 4.21. The third kappa shape index (κ3) is 4.31. The number of aromatic nitrogens is 4. The number of rotatable bonds is 6. The number of nitriles is 1. The minimum absolute atomic E-state index is 0.114. The van der Waals surface area contributed by atoms with Gasteiger partial charge in [0.1, 0.15) is 16.8 Å². The molecular weight excluding hydrogens is 462 g/mol. The van der Waals surface area contributed by atoms with Gasteiger partial charge in [-0.1, -0.05) is 23.7 Å². The monoisotopic (exact) mass is 485 g/mol. The number of fused-ring (bicyclic) bond motifs is 1. The fourth-order valence-corrected chi connectivity index (χ4v) is 4.41. The van der Waals surface area contributed by atoms with Crippen molar-refractivity contribution in [3.63, 3.8) is 0 Å². The summed E-state index contributed by atoms with van der Waals surface area (Å²) in [5.74, 6) is 1.24. The number of nitrogens with zero attached hydrogens (tertiary/aromatic N) is 5. The predicted octanol–water partition coefficient (Wildman–Crippen LogP) is 5.22. The Morgan fingerprint density at radius 2 is 1.86 bits per heavy atom. The average molecular weight is 486 g/mol. The summed E-state index contributed by atoms with van der Waals surface area (Å²) >= 11 is 6.11. The van der Waals surface area contributed by atoms with E-state index < -0.39 is 5.54 Å². The van der Waals surface area contributed by atoms with Crippen molar-refractivity contribution in [1.82, 2.24) is 19.5 Å². The van der Waals surface area contributed by atoms with Gasteiger partial charge < -0.3 is 15.2 Å². The van der Waals surface area contributed by atoms with Crippen LogP contribution in [0.4, 0.5) is 17.1 Å². The van der Waals surface area contributed by atoms with E-state index in [0.717, 1.165) is 5.39 Å².